The van der Waals surface area contributed by atoms with E-state index in [9.17, 15) is 4.79 Å². The van der Waals surface area contributed by atoms with Gasteiger partial charge in [-0.15, -0.1) is 0 Å². The summed E-state index contributed by atoms with van der Waals surface area (Å²) >= 11 is 1.53. The van der Waals surface area contributed by atoms with E-state index in [0.29, 0.717) is 5.92 Å². The van der Waals surface area contributed by atoms with E-state index in [2.05, 4.69) is 23.7 Å². The topological polar surface area (TPSA) is 33.2 Å². The van der Waals surface area contributed by atoms with Crippen molar-refractivity contribution >= 4 is 22.8 Å². The van der Waals surface area contributed by atoms with Crippen molar-refractivity contribution in [2.75, 3.05) is 18.0 Å². The average Bonchev–Trinajstić information content (AvgIpc) is 2.86. The molecule has 0 radical (unpaired) electrons. The lowest BCUT2D eigenvalue weighted by Crippen LogP contribution is -2.17. The molecule has 1 aromatic rings. The molecule has 2 heterocycles. The number of carbonyl (C=O) groups is 1. The molecule has 15 heavy (non-hydrogen) atoms. The van der Waals surface area contributed by atoms with Crippen molar-refractivity contribution in [3.63, 3.8) is 0 Å². The van der Waals surface area contributed by atoms with Gasteiger partial charge in [-0.3, -0.25) is 4.79 Å². The number of aromatic nitrogens is 1. The van der Waals surface area contributed by atoms with Crippen LogP contribution in [0.5, 0.6) is 0 Å². The molecule has 0 atom stereocenters. The molecule has 2 rings (SSSR count). The van der Waals surface area contributed by atoms with Crippen LogP contribution in [0, 0.1) is 0 Å². The highest BCUT2D eigenvalue weighted by molar-refractivity contribution is 7.17. The summed E-state index contributed by atoms with van der Waals surface area (Å²) in [7, 11) is 0. The maximum Gasteiger partial charge on any atom is 0.186 e. The van der Waals surface area contributed by atoms with E-state index < -0.39 is 0 Å². The molecule has 0 spiro atoms. The molecule has 1 aliphatic heterocycles. The minimum Gasteiger partial charge on any atom is -0.348 e. The Kier molecular flexibility index (Phi) is 3.05. The van der Waals surface area contributed by atoms with Gasteiger partial charge in [-0.2, -0.15) is 0 Å². The standard InChI is InChI=1S/C11H16N2OS/c1-8(2)10-9(7-14)15-11(12-10)13-5-3-4-6-13/h7-8H,3-6H2,1-2H3. The summed E-state index contributed by atoms with van der Waals surface area (Å²) in [5, 5.41) is 1.03. The number of carbonyl (C=O) groups excluding carboxylic acids is 1. The largest absolute Gasteiger partial charge is 0.348 e. The van der Waals surface area contributed by atoms with Crippen LogP contribution in [-0.2, 0) is 0 Å². The Hall–Kier alpha value is -0.900. The fourth-order valence-corrected chi connectivity index (χ4v) is 2.96. The number of rotatable bonds is 3. The molecule has 1 aromatic heterocycles. The van der Waals surface area contributed by atoms with Gasteiger partial charge in [0, 0.05) is 13.1 Å². The smallest absolute Gasteiger partial charge is 0.186 e. The molecule has 0 aromatic carbocycles. The molecular weight excluding hydrogens is 208 g/mol. The summed E-state index contributed by atoms with van der Waals surface area (Å²) < 4.78 is 0. The first kappa shape index (κ1) is 10.6. The van der Waals surface area contributed by atoms with Crippen molar-refractivity contribution in [1.82, 2.24) is 4.98 Å². The minimum atomic E-state index is 0.331. The maximum absolute atomic E-state index is 10.9. The Balaban J connectivity index is 2.29. The maximum atomic E-state index is 10.9. The van der Waals surface area contributed by atoms with Gasteiger partial charge in [-0.1, -0.05) is 25.2 Å². The number of anilines is 1. The van der Waals surface area contributed by atoms with Crippen LogP contribution in [-0.4, -0.2) is 24.4 Å². The summed E-state index contributed by atoms with van der Waals surface area (Å²) in [5.41, 5.74) is 0.955. The molecule has 0 saturated carbocycles. The van der Waals surface area contributed by atoms with Gasteiger partial charge < -0.3 is 4.90 Å². The lowest BCUT2D eigenvalue weighted by Gasteiger charge is -2.12. The molecule has 3 nitrogen and oxygen atoms in total. The Labute approximate surface area is 94.1 Å². The molecule has 0 unspecified atom stereocenters. The van der Waals surface area contributed by atoms with Gasteiger partial charge in [0.25, 0.3) is 0 Å². The number of nitrogens with zero attached hydrogens (tertiary/aromatic N) is 2. The highest BCUT2D eigenvalue weighted by atomic mass is 32.1. The van der Waals surface area contributed by atoms with Gasteiger partial charge >= 0.3 is 0 Å². The van der Waals surface area contributed by atoms with Crippen molar-refractivity contribution in [1.29, 1.82) is 0 Å². The first-order valence-corrected chi connectivity index (χ1v) is 6.25. The van der Waals surface area contributed by atoms with E-state index in [1.807, 2.05) is 0 Å². The second kappa shape index (κ2) is 4.31. The van der Waals surface area contributed by atoms with E-state index in [1.165, 1.54) is 24.2 Å². The zero-order valence-electron chi connectivity index (χ0n) is 9.19. The summed E-state index contributed by atoms with van der Waals surface area (Å²) in [6, 6.07) is 0. The van der Waals surface area contributed by atoms with Crippen LogP contribution in [0.25, 0.3) is 0 Å². The van der Waals surface area contributed by atoms with Crippen molar-refractivity contribution in [2.24, 2.45) is 0 Å². The molecule has 1 aliphatic rings. The Bertz CT molecular complexity index is 353. The third-order valence-electron chi connectivity index (χ3n) is 2.70. The molecule has 0 aliphatic carbocycles. The summed E-state index contributed by atoms with van der Waals surface area (Å²) in [5.74, 6) is 0.331. The van der Waals surface area contributed by atoms with Crippen LogP contribution >= 0.6 is 11.3 Å². The van der Waals surface area contributed by atoms with Crippen LogP contribution in [0.1, 0.15) is 48.0 Å². The molecular formula is C11H16N2OS. The van der Waals surface area contributed by atoms with E-state index in [4.69, 9.17) is 0 Å². The SMILES string of the molecule is CC(C)c1nc(N2CCCC2)sc1C=O. The molecule has 0 bridgehead atoms. The molecule has 1 saturated heterocycles. The fourth-order valence-electron chi connectivity index (χ4n) is 1.87. The van der Waals surface area contributed by atoms with Gasteiger partial charge in [0.05, 0.1) is 10.6 Å². The number of hydrogen-bond acceptors (Lipinski definition) is 4. The zero-order valence-corrected chi connectivity index (χ0v) is 10.0. The summed E-state index contributed by atoms with van der Waals surface area (Å²) in [4.78, 5) is 18.6. The zero-order chi connectivity index (χ0) is 10.8. The average molecular weight is 224 g/mol. The van der Waals surface area contributed by atoms with E-state index in [0.717, 1.165) is 35.1 Å². The molecule has 1 fully saturated rings. The Morgan fingerprint density at radius 1 is 1.40 bits per heavy atom. The normalized spacial score (nSPS) is 16.3. The predicted molar refractivity (Wildman–Crippen MR) is 63.0 cm³/mol. The molecule has 0 N–H and O–H groups in total. The van der Waals surface area contributed by atoms with Crippen molar-refractivity contribution < 1.29 is 4.79 Å². The highest BCUT2D eigenvalue weighted by Crippen LogP contribution is 2.31. The van der Waals surface area contributed by atoms with E-state index >= 15 is 0 Å². The number of hydrogen-bond donors (Lipinski definition) is 0. The van der Waals surface area contributed by atoms with Crippen molar-refractivity contribution in [2.45, 2.75) is 32.6 Å². The van der Waals surface area contributed by atoms with Crippen molar-refractivity contribution in [3.05, 3.63) is 10.6 Å². The number of aldehydes is 1. The predicted octanol–water partition coefficient (Wildman–Crippen LogP) is 2.68. The van der Waals surface area contributed by atoms with Crippen LogP contribution in [0.3, 0.4) is 0 Å². The molecule has 4 heteroatoms. The van der Waals surface area contributed by atoms with Gasteiger partial charge in [-0.05, 0) is 18.8 Å². The van der Waals surface area contributed by atoms with Gasteiger partial charge in [0.1, 0.15) is 0 Å². The summed E-state index contributed by atoms with van der Waals surface area (Å²) in [6.07, 6.45) is 3.42. The quantitative estimate of drug-likeness (QED) is 0.740. The Morgan fingerprint density at radius 3 is 2.53 bits per heavy atom. The summed E-state index contributed by atoms with van der Waals surface area (Å²) in [6.45, 7) is 6.33. The lowest BCUT2D eigenvalue weighted by molar-refractivity contribution is 0.112. The van der Waals surface area contributed by atoms with Crippen LogP contribution < -0.4 is 4.90 Å². The van der Waals surface area contributed by atoms with Crippen LogP contribution in [0.15, 0.2) is 0 Å². The van der Waals surface area contributed by atoms with Crippen LogP contribution in [0.4, 0.5) is 5.13 Å². The highest BCUT2D eigenvalue weighted by Gasteiger charge is 2.20. The van der Waals surface area contributed by atoms with E-state index in [-0.39, 0.29) is 0 Å². The second-order valence-electron chi connectivity index (χ2n) is 4.21. The lowest BCUT2D eigenvalue weighted by atomic mass is 10.1. The minimum absolute atomic E-state index is 0.331. The van der Waals surface area contributed by atoms with Gasteiger partial charge in [0.2, 0.25) is 0 Å². The first-order valence-electron chi connectivity index (χ1n) is 5.43. The Morgan fingerprint density at radius 2 is 2.07 bits per heavy atom. The fraction of sp³-hybridized carbons (Fsp3) is 0.636. The monoisotopic (exact) mass is 224 g/mol. The number of thiazole rings is 1. The third-order valence-corrected chi connectivity index (χ3v) is 3.76. The third kappa shape index (κ3) is 2.04. The van der Waals surface area contributed by atoms with Crippen molar-refractivity contribution in [3.8, 4) is 0 Å². The van der Waals surface area contributed by atoms with Gasteiger partial charge in [0.15, 0.2) is 11.4 Å². The second-order valence-corrected chi connectivity index (χ2v) is 5.22. The van der Waals surface area contributed by atoms with E-state index in [1.54, 1.807) is 0 Å². The van der Waals surface area contributed by atoms with Gasteiger partial charge in [-0.25, -0.2) is 4.98 Å². The van der Waals surface area contributed by atoms with Crippen LogP contribution in [0.2, 0.25) is 0 Å². The molecule has 0 amide bonds. The first-order chi connectivity index (χ1) is 7.22. The molecule has 82 valence electrons.